The Bertz CT molecular complexity index is 367. The van der Waals surface area contributed by atoms with E-state index in [0.717, 1.165) is 7.11 Å². The standard InChI is InChI=1S/C8H13F3O4S/c1-6(12,8(9,10)11)7(3-4-7)5-16(13,14)15-2/h12H,3-5H2,1-2H3. The van der Waals surface area contributed by atoms with Crippen molar-refractivity contribution in [3.05, 3.63) is 0 Å². The molecule has 0 radical (unpaired) electrons. The first kappa shape index (κ1) is 13.7. The van der Waals surface area contributed by atoms with E-state index < -0.39 is 33.1 Å². The van der Waals surface area contributed by atoms with Gasteiger partial charge in [0.05, 0.1) is 12.9 Å². The van der Waals surface area contributed by atoms with Gasteiger partial charge in [0.15, 0.2) is 5.60 Å². The molecule has 0 saturated heterocycles. The van der Waals surface area contributed by atoms with Crippen LogP contribution >= 0.6 is 0 Å². The van der Waals surface area contributed by atoms with Gasteiger partial charge in [-0.3, -0.25) is 4.18 Å². The van der Waals surface area contributed by atoms with Crippen LogP contribution < -0.4 is 0 Å². The lowest BCUT2D eigenvalue weighted by Gasteiger charge is -2.34. The third kappa shape index (κ3) is 2.18. The van der Waals surface area contributed by atoms with Crippen molar-refractivity contribution in [2.45, 2.75) is 31.5 Å². The average molecular weight is 262 g/mol. The predicted molar refractivity (Wildman–Crippen MR) is 49.1 cm³/mol. The van der Waals surface area contributed by atoms with Crippen molar-refractivity contribution in [1.82, 2.24) is 0 Å². The van der Waals surface area contributed by atoms with Crippen LogP contribution in [0, 0.1) is 5.41 Å². The Kier molecular flexibility index (Phi) is 3.07. The highest BCUT2D eigenvalue weighted by Crippen LogP contribution is 2.59. The van der Waals surface area contributed by atoms with Crippen LogP contribution in [0.25, 0.3) is 0 Å². The van der Waals surface area contributed by atoms with E-state index in [1.807, 2.05) is 0 Å². The molecule has 0 aromatic rings. The highest BCUT2D eigenvalue weighted by atomic mass is 32.2. The molecule has 1 saturated carbocycles. The second-order valence-electron chi connectivity index (χ2n) is 4.22. The Morgan fingerprint density at radius 3 is 2.06 bits per heavy atom. The monoisotopic (exact) mass is 262 g/mol. The van der Waals surface area contributed by atoms with E-state index in [4.69, 9.17) is 0 Å². The maximum absolute atomic E-state index is 12.6. The molecule has 16 heavy (non-hydrogen) atoms. The molecule has 1 fully saturated rings. The van der Waals surface area contributed by atoms with Gasteiger partial charge in [0, 0.05) is 5.41 Å². The fourth-order valence-electron chi connectivity index (χ4n) is 1.62. The van der Waals surface area contributed by atoms with Crippen LogP contribution in [0.1, 0.15) is 19.8 Å². The Labute approximate surface area is 91.5 Å². The molecular formula is C8H13F3O4S. The number of rotatable bonds is 4. The first-order valence-electron chi connectivity index (χ1n) is 4.55. The number of hydrogen-bond acceptors (Lipinski definition) is 4. The lowest BCUT2D eigenvalue weighted by atomic mass is 9.87. The van der Waals surface area contributed by atoms with Gasteiger partial charge in [-0.1, -0.05) is 0 Å². The van der Waals surface area contributed by atoms with Crippen LogP contribution in [0.15, 0.2) is 0 Å². The van der Waals surface area contributed by atoms with Gasteiger partial charge in [0.2, 0.25) is 0 Å². The van der Waals surface area contributed by atoms with Crippen LogP contribution in [0.3, 0.4) is 0 Å². The summed E-state index contributed by atoms with van der Waals surface area (Å²) in [7, 11) is -3.14. The second kappa shape index (κ2) is 3.58. The van der Waals surface area contributed by atoms with Crippen molar-refractivity contribution >= 4 is 10.1 Å². The van der Waals surface area contributed by atoms with Gasteiger partial charge in [-0.05, 0) is 19.8 Å². The molecule has 0 aliphatic heterocycles. The smallest absolute Gasteiger partial charge is 0.380 e. The summed E-state index contributed by atoms with van der Waals surface area (Å²) in [5.74, 6) is -0.816. The number of aliphatic hydroxyl groups is 1. The zero-order valence-corrected chi connectivity index (χ0v) is 9.65. The fraction of sp³-hybridized carbons (Fsp3) is 1.00. The van der Waals surface area contributed by atoms with E-state index in [1.165, 1.54) is 0 Å². The molecule has 1 atom stereocenters. The summed E-state index contributed by atoms with van der Waals surface area (Å²) in [5.41, 5.74) is -4.67. The Morgan fingerprint density at radius 1 is 1.38 bits per heavy atom. The van der Waals surface area contributed by atoms with Gasteiger partial charge in [0.25, 0.3) is 10.1 Å². The fourth-order valence-corrected chi connectivity index (χ4v) is 2.98. The molecule has 0 spiro atoms. The third-order valence-electron chi connectivity index (χ3n) is 3.15. The van der Waals surface area contributed by atoms with Crippen LogP contribution in [0.2, 0.25) is 0 Å². The number of alkyl halides is 3. The molecule has 1 rings (SSSR count). The van der Waals surface area contributed by atoms with Crippen LogP contribution in [0.5, 0.6) is 0 Å². The summed E-state index contributed by atoms with van der Waals surface area (Å²) < 4.78 is 64.1. The first-order chi connectivity index (χ1) is 6.97. The molecule has 1 N–H and O–H groups in total. The van der Waals surface area contributed by atoms with Gasteiger partial charge < -0.3 is 5.11 Å². The normalized spacial score (nSPS) is 23.9. The Morgan fingerprint density at radius 2 is 1.81 bits per heavy atom. The minimum atomic E-state index is -4.85. The van der Waals surface area contributed by atoms with Crippen molar-refractivity contribution < 1.29 is 30.9 Å². The van der Waals surface area contributed by atoms with Crippen molar-refractivity contribution in [3.63, 3.8) is 0 Å². The molecule has 96 valence electrons. The van der Waals surface area contributed by atoms with Gasteiger partial charge in [0.1, 0.15) is 0 Å². The summed E-state index contributed by atoms with van der Waals surface area (Å²) in [6.07, 6.45) is -4.82. The van der Waals surface area contributed by atoms with E-state index >= 15 is 0 Å². The molecule has 0 bridgehead atoms. The Hall–Kier alpha value is -0.340. The largest absolute Gasteiger partial charge is 0.417 e. The SMILES string of the molecule is COS(=O)(=O)CC1(C(C)(O)C(F)(F)F)CC1. The van der Waals surface area contributed by atoms with E-state index in [2.05, 4.69) is 4.18 Å². The van der Waals surface area contributed by atoms with Crippen molar-refractivity contribution in [3.8, 4) is 0 Å². The highest BCUT2D eigenvalue weighted by Gasteiger charge is 2.69. The topological polar surface area (TPSA) is 63.6 Å². The summed E-state index contributed by atoms with van der Waals surface area (Å²) >= 11 is 0. The molecular weight excluding hydrogens is 249 g/mol. The summed E-state index contributed by atoms with van der Waals surface area (Å²) in [6.45, 7) is 0.602. The maximum Gasteiger partial charge on any atom is 0.417 e. The lowest BCUT2D eigenvalue weighted by Crippen LogP contribution is -2.52. The van der Waals surface area contributed by atoms with Crippen LogP contribution in [-0.4, -0.2) is 38.2 Å². The zero-order chi connectivity index (χ0) is 12.8. The predicted octanol–water partition coefficient (Wildman–Crippen LogP) is 1.06. The molecule has 1 unspecified atom stereocenters. The minimum Gasteiger partial charge on any atom is -0.380 e. The lowest BCUT2D eigenvalue weighted by molar-refractivity contribution is -0.275. The van der Waals surface area contributed by atoms with Gasteiger partial charge in [-0.15, -0.1) is 0 Å². The van der Waals surface area contributed by atoms with Crippen molar-refractivity contribution in [2.24, 2.45) is 5.41 Å². The molecule has 0 aromatic carbocycles. The average Bonchev–Trinajstić information content (AvgIpc) is 2.83. The molecule has 4 nitrogen and oxygen atoms in total. The molecule has 1 aliphatic rings. The van der Waals surface area contributed by atoms with Crippen molar-refractivity contribution in [1.29, 1.82) is 0 Å². The van der Waals surface area contributed by atoms with Gasteiger partial charge in [-0.25, -0.2) is 0 Å². The molecule has 0 amide bonds. The van der Waals surface area contributed by atoms with Gasteiger partial charge >= 0.3 is 6.18 Å². The van der Waals surface area contributed by atoms with Gasteiger partial charge in [-0.2, -0.15) is 21.6 Å². The van der Waals surface area contributed by atoms with Crippen LogP contribution in [-0.2, 0) is 14.3 Å². The van der Waals surface area contributed by atoms with E-state index in [-0.39, 0.29) is 12.8 Å². The number of hydrogen-bond donors (Lipinski definition) is 1. The molecule has 1 aliphatic carbocycles. The van der Waals surface area contributed by atoms with E-state index in [9.17, 15) is 26.7 Å². The van der Waals surface area contributed by atoms with E-state index in [1.54, 1.807) is 0 Å². The second-order valence-corrected chi connectivity index (χ2v) is 5.96. The Balaban J connectivity index is 2.97. The molecule has 0 heterocycles. The minimum absolute atomic E-state index is 0.0160. The zero-order valence-electron chi connectivity index (χ0n) is 8.84. The third-order valence-corrected chi connectivity index (χ3v) is 4.56. The molecule has 0 aromatic heterocycles. The first-order valence-corrected chi connectivity index (χ1v) is 6.13. The molecule has 8 heteroatoms. The summed E-state index contributed by atoms with van der Waals surface area (Å²) in [6, 6.07) is 0. The highest BCUT2D eigenvalue weighted by molar-refractivity contribution is 7.86. The maximum atomic E-state index is 12.6. The summed E-state index contributed by atoms with van der Waals surface area (Å²) in [5, 5.41) is 9.46. The number of halogens is 3. The van der Waals surface area contributed by atoms with E-state index in [0.29, 0.717) is 6.92 Å². The quantitative estimate of drug-likeness (QED) is 0.769. The summed E-state index contributed by atoms with van der Waals surface area (Å²) in [4.78, 5) is 0. The van der Waals surface area contributed by atoms with Crippen LogP contribution in [0.4, 0.5) is 13.2 Å². The van der Waals surface area contributed by atoms with Crippen molar-refractivity contribution in [2.75, 3.05) is 12.9 Å².